The molecule has 3 fully saturated rings. The van der Waals surface area contributed by atoms with Crippen LogP contribution in [0, 0.1) is 17.8 Å². The molecule has 0 bridgehead atoms. The van der Waals surface area contributed by atoms with Gasteiger partial charge in [0.15, 0.2) is 0 Å². The minimum atomic E-state index is -3.39. The highest BCUT2D eigenvalue weighted by Crippen LogP contribution is 2.39. The van der Waals surface area contributed by atoms with Gasteiger partial charge < -0.3 is 5.73 Å². The van der Waals surface area contributed by atoms with Gasteiger partial charge in [-0.15, -0.1) is 12.4 Å². The molecule has 0 aromatic heterocycles. The van der Waals surface area contributed by atoms with Crippen LogP contribution in [0.3, 0.4) is 0 Å². The third-order valence-corrected chi connectivity index (χ3v) is 8.78. The van der Waals surface area contributed by atoms with E-state index in [0.29, 0.717) is 38.6 Å². The number of halogens is 1. The van der Waals surface area contributed by atoms with Crippen LogP contribution in [0.15, 0.2) is 30.3 Å². The van der Waals surface area contributed by atoms with Gasteiger partial charge in [-0.1, -0.05) is 49.6 Å². The fourth-order valence-corrected chi connectivity index (χ4v) is 7.05. The van der Waals surface area contributed by atoms with Crippen molar-refractivity contribution < 1.29 is 8.42 Å². The summed E-state index contributed by atoms with van der Waals surface area (Å²) in [6.07, 6.45) is 6.07. The van der Waals surface area contributed by atoms with Crippen LogP contribution in [0.2, 0.25) is 0 Å². The second-order valence-corrected chi connectivity index (χ2v) is 10.2. The predicted octanol–water partition coefficient (Wildman–Crippen LogP) is 2.84. The first kappa shape index (κ1) is 21.1. The largest absolute Gasteiger partial charge is 0.330 e. The molecule has 5 nitrogen and oxygen atoms in total. The van der Waals surface area contributed by atoms with E-state index in [1.807, 2.05) is 18.2 Å². The van der Waals surface area contributed by atoms with Crippen molar-refractivity contribution in [3.05, 3.63) is 35.9 Å². The molecule has 2 heterocycles. The van der Waals surface area contributed by atoms with Gasteiger partial charge in [0, 0.05) is 32.1 Å². The summed E-state index contributed by atoms with van der Waals surface area (Å²) in [5.41, 5.74) is 7.20. The van der Waals surface area contributed by atoms with Gasteiger partial charge >= 0.3 is 0 Å². The first-order valence-electron chi connectivity index (χ1n) is 10.1. The van der Waals surface area contributed by atoms with Crippen LogP contribution < -0.4 is 5.73 Å². The molecule has 2 N–H and O–H groups in total. The minimum Gasteiger partial charge on any atom is -0.330 e. The second kappa shape index (κ2) is 8.78. The quantitative estimate of drug-likeness (QED) is 0.825. The summed E-state index contributed by atoms with van der Waals surface area (Å²) in [7, 11) is -3.39. The Morgan fingerprint density at radius 3 is 2.33 bits per heavy atom. The Balaban J connectivity index is 0.00000210. The lowest BCUT2D eigenvalue weighted by atomic mass is 9.76. The van der Waals surface area contributed by atoms with E-state index in [-0.39, 0.29) is 24.2 Å². The van der Waals surface area contributed by atoms with E-state index in [4.69, 9.17) is 5.73 Å². The Bertz CT molecular complexity index is 715. The Hall–Kier alpha value is -0.660. The maximum atomic E-state index is 13.3. The Morgan fingerprint density at radius 1 is 0.926 bits per heavy atom. The number of benzene rings is 1. The summed E-state index contributed by atoms with van der Waals surface area (Å²) in [6.45, 7) is 3.02. The molecule has 1 aliphatic carbocycles. The Morgan fingerprint density at radius 2 is 1.63 bits per heavy atom. The zero-order chi connectivity index (χ0) is 18.1. The van der Waals surface area contributed by atoms with Crippen molar-refractivity contribution in [1.29, 1.82) is 0 Å². The molecule has 152 valence electrons. The maximum Gasteiger partial charge on any atom is 0.282 e. The number of hydrogen-bond acceptors (Lipinski definition) is 3. The smallest absolute Gasteiger partial charge is 0.282 e. The molecule has 2 saturated heterocycles. The molecule has 0 spiro atoms. The van der Waals surface area contributed by atoms with Gasteiger partial charge in [0.05, 0.1) is 0 Å². The standard InChI is InChI=1S/C20H31N3O2S.ClH/c21-12-19-14-23(15-20(19)17-7-2-1-3-8-17)26(24,25)22-11-10-16-6-4-5-9-18(16)13-22;/h1-3,7-8,16,18-20H,4-6,9-15,21H2;1H/t16?,18?,19-,20+;/m1./s1. The van der Waals surface area contributed by atoms with Crippen molar-refractivity contribution in [1.82, 2.24) is 8.61 Å². The summed E-state index contributed by atoms with van der Waals surface area (Å²) < 4.78 is 30.1. The molecule has 1 aromatic rings. The number of nitrogens with two attached hydrogens (primary N) is 1. The van der Waals surface area contributed by atoms with E-state index in [9.17, 15) is 8.42 Å². The number of piperidine rings is 1. The lowest BCUT2D eigenvalue weighted by Gasteiger charge is -2.41. The fourth-order valence-electron chi connectivity index (χ4n) is 5.28. The van der Waals surface area contributed by atoms with Crippen LogP contribution in [-0.2, 0) is 10.2 Å². The molecule has 7 heteroatoms. The molecule has 2 aliphatic heterocycles. The van der Waals surface area contributed by atoms with E-state index in [2.05, 4.69) is 12.1 Å². The number of hydrogen-bond donors (Lipinski definition) is 1. The normalized spacial score (nSPS) is 32.6. The van der Waals surface area contributed by atoms with Crippen LogP contribution >= 0.6 is 12.4 Å². The summed E-state index contributed by atoms with van der Waals surface area (Å²) >= 11 is 0. The highest BCUT2D eigenvalue weighted by molar-refractivity contribution is 7.86. The average Bonchev–Trinajstić information content (AvgIpc) is 3.13. The molecule has 4 rings (SSSR count). The Labute approximate surface area is 169 Å². The minimum absolute atomic E-state index is 0. The van der Waals surface area contributed by atoms with Gasteiger partial charge in [-0.3, -0.25) is 0 Å². The van der Waals surface area contributed by atoms with E-state index in [1.165, 1.54) is 31.2 Å². The van der Waals surface area contributed by atoms with Gasteiger partial charge in [0.2, 0.25) is 0 Å². The van der Waals surface area contributed by atoms with Gasteiger partial charge in [0.1, 0.15) is 0 Å². The predicted molar refractivity (Wildman–Crippen MR) is 111 cm³/mol. The summed E-state index contributed by atoms with van der Waals surface area (Å²) in [5, 5.41) is 0. The first-order valence-corrected chi connectivity index (χ1v) is 11.5. The molecule has 1 aromatic carbocycles. The average molecular weight is 414 g/mol. The zero-order valence-electron chi connectivity index (χ0n) is 15.9. The van der Waals surface area contributed by atoms with E-state index in [0.717, 1.165) is 12.3 Å². The molecule has 27 heavy (non-hydrogen) atoms. The fraction of sp³-hybridized carbons (Fsp3) is 0.700. The highest BCUT2D eigenvalue weighted by Gasteiger charge is 2.43. The van der Waals surface area contributed by atoms with E-state index >= 15 is 0 Å². The van der Waals surface area contributed by atoms with Crippen LogP contribution in [0.5, 0.6) is 0 Å². The Kier molecular flexibility index (Phi) is 6.85. The molecular weight excluding hydrogens is 382 g/mol. The number of rotatable bonds is 4. The zero-order valence-corrected chi connectivity index (χ0v) is 17.5. The van der Waals surface area contributed by atoms with E-state index in [1.54, 1.807) is 8.61 Å². The summed E-state index contributed by atoms with van der Waals surface area (Å²) in [5.74, 6) is 1.69. The monoisotopic (exact) mass is 413 g/mol. The third-order valence-electron chi connectivity index (χ3n) is 6.84. The second-order valence-electron chi connectivity index (χ2n) is 8.29. The molecular formula is C20H32ClN3O2S. The van der Waals surface area contributed by atoms with Crippen molar-refractivity contribution in [3.63, 3.8) is 0 Å². The van der Waals surface area contributed by atoms with E-state index < -0.39 is 10.2 Å². The molecule has 3 aliphatic rings. The van der Waals surface area contributed by atoms with Crippen molar-refractivity contribution in [3.8, 4) is 0 Å². The van der Waals surface area contributed by atoms with Crippen molar-refractivity contribution in [2.75, 3.05) is 32.7 Å². The van der Waals surface area contributed by atoms with Crippen LogP contribution in [0.25, 0.3) is 0 Å². The van der Waals surface area contributed by atoms with Crippen molar-refractivity contribution >= 4 is 22.6 Å². The van der Waals surface area contributed by atoms with Gasteiger partial charge in [-0.2, -0.15) is 17.0 Å². The molecule has 0 amide bonds. The number of nitrogens with zero attached hydrogens (tertiary/aromatic N) is 2. The van der Waals surface area contributed by atoms with Crippen molar-refractivity contribution in [2.24, 2.45) is 23.5 Å². The molecule has 2 unspecified atom stereocenters. The molecule has 4 atom stereocenters. The number of fused-ring (bicyclic) bond motifs is 1. The third kappa shape index (κ3) is 4.20. The summed E-state index contributed by atoms with van der Waals surface area (Å²) in [4.78, 5) is 0. The maximum absolute atomic E-state index is 13.3. The topological polar surface area (TPSA) is 66.6 Å². The van der Waals surface area contributed by atoms with Gasteiger partial charge in [0.25, 0.3) is 10.2 Å². The SMILES string of the molecule is Cl.NC[C@@H]1CN(S(=O)(=O)N2CCC3CCCCC3C2)C[C@H]1c1ccccc1. The summed E-state index contributed by atoms with van der Waals surface area (Å²) in [6, 6.07) is 10.2. The lowest BCUT2D eigenvalue weighted by molar-refractivity contribution is 0.132. The van der Waals surface area contributed by atoms with Crippen LogP contribution in [-0.4, -0.2) is 49.8 Å². The lowest BCUT2D eigenvalue weighted by Crippen LogP contribution is -2.50. The van der Waals surface area contributed by atoms with Crippen LogP contribution in [0.1, 0.15) is 43.6 Å². The molecule has 0 radical (unpaired) electrons. The van der Waals surface area contributed by atoms with Gasteiger partial charge in [-0.25, -0.2) is 0 Å². The first-order chi connectivity index (χ1) is 12.6. The van der Waals surface area contributed by atoms with Gasteiger partial charge in [-0.05, 0) is 42.7 Å². The highest BCUT2D eigenvalue weighted by atomic mass is 35.5. The molecule has 1 saturated carbocycles. The van der Waals surface area contributed by atoms with Crippen LogP contribution in [0.4, 0.5) is 0 Å². The van der Waals surface area contributed by atoms with Crippen molar-refractivity contribution in [2.45, 2.75) is 38.0 Å².